The average molecular weight is 374 g/mol. The largest absolute Gasteiger partial charge is 0.364 e. The number of anilines is 2. The van der Waals surface area contributed by atoms with Gasteiger partial charge >= 0.3 is 0 Å². The van der Waals surface area contributed by atoms with E-state index in [1.54, 1.807) is 6.07 Å². The Morgan fingerprint density at radius 2 is 2.04 bits per heavy atom. The van der Waals surface area contributed by atoms with E-state index in [-0.39, 0.29) is 16.8 Å². The minimum atomic E-state index is -3.49. The third kappa shape index (κ3) is 3.86. The Hall–Kier alpha value is -2.45. The second-order valence-electron chi connectivity index (χ2n) is 6.20. The highest BCUT2D eigenvalue weighted by Crippen LogP contribution is 2.26. The molecule has 138 valence electrons. The number of amides is 1. The SMILES string of the molecule is CNS(=O)(=O)c1ccc(NC(C)c2cccc(N3CCCC3=O)c2)nc1. The first kappa shape index (κ1) is 18.3. The highest BCUT2D eigenvalue weighted by atomic mass is 32.2. The van der Waals surface area contributed by atoms with Crippen LogP contribution in [-0.4, -0.2) is 32.9 Å². The fourth-order valence-corrected chi connectivity index (χ4v) is 3.61. The van der Waals surface area contributed by atoms with E-state index in [1.807, 2.05) is 36.1 Å². The number of aromatic nitrogens is 1. The van der Waals surface area contributed by atoms with Crippen LogP contribution in [0.2, 0.25) is 0 Å². The van der Waals surface area contributed by atoms with E-state index in [4.69, 9.17) is 0 Å². The van der Waals surface area contributed by atoms with Gasteiger partial charge in [-0.15, -0.1) is 0 Å². The van der Waals surface area contributed by atoms with Gasteiger partial charge in [0.1, 0.15) is 10.7 Å². The van der Waals surface area contributed by atoms with Crippen molar-refractivity contribution in [2.75, 3.05) is 23.8 Å². The van der Waals surface area contributed by atoms with Gasteiger partial charge in [0.05, 0.1) is 6.04 Å². The molecule has 3 rings (SSSR count). The van der Waals surface area contributed by atoms with Gasteiger partial charge in [-0.1, -0.05) is 12.1 Å². The molecule has 1 aromatic heterocycles. The zero-order valence-corrected chi connectivity index (χ0v) is 15.6. The number of carbonyl (C=O) groups is 1. The van der Waals surface area contributed by atoms with Crippen LogP contribution in [0.15, 0.2) is 47.5 Å². The van der Waals surface area contributed by atoms with Crippen molar-refractivity contribution >= 4 is 27.4 Å². The number of benzene rings is 1. The minimum Gasteiger partial charge on any atom is -0.364 e. The second kappa shape index (κ2) is 7.43. The Morgan fingerprint density at radius 3 is 2.65 bits per heavy atom. The van der Waals surface area contributed by atoms with Crippen molar-refractivity contribution in [3.05, 3.63) is 48.2 Å². The Bertz CT molecular complexity index is 897. The van der Waals surface area contributed by atoms with Crippen LogP contribution in [0.3, 0.4) is 0 Å². The molecule has 1 saturated heterocycles. The van der Waals surface area contributed by atoms with Crippen molar-refractivity contribution in [3.63, 3.8) is 0 Å². The Morgan fingerprint density at radius 1 is 1.23 bits per heavy atom. The van der Waals surface area contributed by atoms with Gasteiger partial charge in [-0.3, -0.25) is 4.79 Å². The third-order valence-corrected chi connectivity index (χ3v) is 5.83. The van der Waals surface area contributed by atoms with Gasteiger partial charge in [0.2, 0.25) is 15.9 Å². The van der Waals surface area contributed by atoms with Gasteiger partial charge < -0.3 is 10.2 Å². The Kier molecular flexibility index (Phi) is 5.24. The number of nitrogens with zero attached hydrogens (tertiary/aromatic N) is 2. The lowest BCUT2D eigenvalue weighted by Crippen LogP contribution is -2.23. The lowest BCUT2D eigenvalue weighted by atomic mass is 10.1. The molecular formula is C18H22N4O3S. The molecule has 1 amide bonds. The molecule has 0 saturated carbocycles. The van der Waals surface area contributed by atoms with Crippen molar-refractivity contribution in [2.45, 2.75) is 30.7 Å². The van der Waals surface area contributed by atoms with Gasteiger partial charge in [-0.25, -0.2) is 18.1 Å². The maximum absolute atomic E-state index is 11.9. The minimum absolute atomic E-state index is 0.0492. The lowest BCUT2D eigenvalue weighted by molar-refractivity contribution is -0.117. The molecule has 2 heterocycles. The molecule has 1 fully saturated rings. The lowest BCUT2D eigenvalue weighted by Gasteiger charge is -2.20. The molecule has 7 nitrogen and oxygen atoms in total. The Labute approximate surface area is 153 Å². The van der Waals surface area contributed by atoms with Crippen LogP contribution in [0.1, 0.15) is 31.4 Å². The molecule has 2 N–H and O–H groups in total. The fraction of sp³-hybridized carbons (Fsp3) is 0.333. The summed E-state index contributed by atoms with van der Waals surface area (Å²) in [7, 11) is -2.13. The molecule has 26 heavy (non-hydrogen) atoms. The predicted octanol–water partition coefficient (Wildman–Crippen LogP) is 2.29. The fourth-order valence-electron chi connectivity index (χ4n) is 2.93. The number of carbonyl (C=O) groups excluding carboxylic acids is 1. The van der Waals surface area contributed by atoms with E-state index in [2.05, 4.69) is 15.0 Å². The first-order valence-corrected chi connectivity index (χ1v) is 9.95. The molecule has 8 heteroatoms. The topological polar surface area (TPSA) is 91.4 Å². The van der Waals surface area contributed by atoms with Crippen LogP contribution in [0.5, 0.6) is 0 Å². The molecule has 0 spiro atoms. The summed E-state index contributed by atoms with van der Waals surface area (Å²) in [5, 5.41) is 3.25. The molecule has 1 aliphatic rings. The maximum Gasteiger partial charge on any atom is 0.241 e. The molecule has 1 aliphatic heterocycles. The summed E-state index contributed by atoms with van der Waals surface area (Å²) in [6, 6.07) is 11.0. The van der Waals surface area contributed by atoms with Gasteiger partial charge in [0, 0.05) is 24.8 Å². The predicted molar refractivity (Wildman–Crippen MR) is 101 cm³/mol. The van der Waals surface area contributed by atoms with Crippen LogP contribution < -0.4 is 14.9 Å². The Balaban J connectivity index is 1.74. The van der Waals surface area contributed by atoms with Gasteiger partial charge in [0.25, 0.3) is 0 Å². The summed E-state index contributed by atoms with van der Waals surface area (Å²) < 4.78 is 25.7. The molecule has 2 aromatic rings. The number of nitrogens with one attached hydrogen (secondary N) is 2. The molecule has 1 atom stereocenters. The molecule has 0 bridgehead atoms. The zero-order valence-electron chi connectivity index (χ0n) is 14.8. The first-order chi connectivity index (χ1) is 12.4. The van der Waals surface area contributed by atoms with Gasteiger partial charge in [-0.2, -0.15) is 0 Å². The smallest absolute Gasteiger partial charge is 0.241 e. The number of hydrogen-bond donors (Lipinski definition) is 2. The standard InChI is InChI=1S/C18H22N4O3S/c1-13(21-17-9-8-16(12-20-17)26(24,25)19-2)14-5-3-6-15(11-14)22-10-4-7-18(22)23/h3,5-6,8-9,11-13,19H,4,7,10H2,1-2H3,(H,20,21). The van der Waals surface area contributed by atoms with E-state index in [0.29, 0.717) is 12.2 Å². The summed E-state index contributed by atoms with van der Waals surface area (Å²) in [6.07, 6.45) is 2.81. The highest BCUT2D eigenvalue weighted by Gasteiger charge is 2.22. The zero-order chi connectivity index (χ0) is 18.7. The van der Waals surface area contributed by atoms with Crippen molar-refractivity contribution in [1.82, 2.24) is 9.71 Å². The van der Waals surface area contributed by atoms with Crippen molar-refractivity contribution in [3.8, 4) is 0 Å². The molecule has 1 aromatic carbocycles. The van der Waals surface area contributed by atoms with Crippen LogP contribution in [-0.2, 0) is 14.8 Å². The summed E-state index contributed by atoms with van der Waals surface area (Å²) in [5.41, 5.74) is 1.93. The van der Waals surface area contributed by atoms with Gasteiger partial charge in [-0.05, 0) is 50.2 Å². The molecule has 1 unspecified atom stereocenters. The first-order valence-electron chi connectivity index (χ1n) is 8.47. The number of rotatable bonds is 6. The summed E-state index contributed by atoms with van der Waals surface area (Å²) in [6.45, 7) is 2.75. The van der Waals surface area contributed by atoms with E-state index in [1.165, 1.54) is 19.3 Å². The molecule has 0 aliphatic carbocycles. The second-order valence-corrected chi connectivity index (χ2v) is 8.08. The van der Waals surface area contributed by atoms with Crippen molar-refractivity contribution in [2.24, 2.45) is 0 Å². The van der Waals surface area contributed by atoms with E-state index in [0.717, 1.165) is 24.2 Å². The van der Waals surface area contributed by atoms with E-state index >= 15 is 0 Å². The normalized spacial score (nSPS) is 15.9. The van der Waals surface area contributed by atoms with Crippen molar-refractivity contribution in [1.29, 1.82) is 0 Å². The van der Waals surface area contributed by atoms with Crippen LogP contribution >= 0.6 is 0 Å². The summed E-state index contributed by atoms with van der Waals surface area (Å²) >= 11 is 0. The summed E-state index contributed by atoms with van der Waals surface area (Å²) in [5.74, 6) is 0.737. The number of hydrogen-bond acceptors (Lipinski definition) is 5. The van der Waals surface area contributed by atoms with E-state index in [9.17, 15) is 13.2 Å². The molecular weight excluding hydrogens is 352 g/mol. The quantitative estimate of drug-likeness (QED) is 0.809. The third-order valence-electron chi connectivity index (χ3n) is 4.44. The highest BCUT2D eigenvalue weighted by molar-refractivity contribution is 7.89. The summed E-state index contributed by atoms with van der Waals surface area (Å²) in [4.78, 5) is 18.0. The van der Waals surface area contributed by atoms with Crippen LogP contribution in [0.4, 0.5) is 11.5 Å². The van der Waals surface area contributed by atoms with Gasteiger partial charge in [0.15, 0.2) is 0 Å². The monoisotopic (exact) mass is 374 g/mol. The van der Waals surface area contributed by atoms with Crippen LogP contribution in [0.25, 0.3) is 0 Å². The van der Waals surface area contributed by atoms with Crippen LogP contribution in [0, 0.1) is 0 Å². The van der Waals surface area contributed by atoms with E-state index < -0.39 is 10.0 Å². The number of sulfonamides is 1. The molecule has 0 radical (unpaired) electrons. The maximum atomic E-state index is 11.9. The van der Waals surface area contributed by atoms with Crippen molar-refractivity contribution < 1.29 is 13.2 Å². The number of pyridine rings is 1. The average Bonchev–Trinajstić information content (AvgIpc) is 3.08.